The highest BCUT2D eigenvalue weighted by molar-refractivity contribution is 5.95. The maximum absolute atomic E-state index is 11.9. The van der Waals surface area contributed by atoms with E-state index in [1.165, 1.54) is 6.92 Å². The first-order valence-corrected chi connectivity index (χ1v) is 3.76. The first-order chi connectivity index (χ1) is 6.49. The lowest BCUT2D eigenvalue weighted by Crippen LogP contribution is -2.11. The van der Waals surface area contributed by atoms with Gasteiger partial charge in [-0.15, -0.1) is 0 Å². The van der Waals surface area contributed by atoms with Gasteiger partial charge in [0.1, 0.15) is 12.4 Å². The van der Waals surface area contributed by atoms with Gasteiger partial charge >= 0.3 is 0 Å². The molecule has 0 aliphatic rings. The van der Waals surface area contributed by atoms with Crippen LogP contribution in [-0.4, -0.2) is 24.6 Å². The van der Waals surface area contributed by atoms with Gasteiger partial charge in [-0.25, -0.2) is 13.2 Å². The van der Waals surface area contributed by atoms with E-state index >= 15 is 0 Å². The van der Waals surface area contributed by atoms with E-state index in [1.807, 2.05) is 0 Å². The highest BCUT2D eigenvalue weighted by Crippen LogP contribution is 2.00. The Morgan fingerprint density at radius 1 is 1.57 bits per heavy atom. The minimum absolute atomic E-state index is 0.126. The van der Waals surface area contributed by atoms with Crippen molar-refractivity contribution in [1.29, 1.82) is 0 Å². The van der Waals surface area contributed by atoms with Crippen molar-refractivity contribution < 1.29 is 18.0 Å². The Hall–Kier alpha value is -1.39. The van der Waals surface area contributed by atoms with Crippen molar-refractivity contribution in [2.45, 2.75) is 13.3 Å². The largest absolute Gasteiger partial charge is 0.295 e. The van der Waals surface area contributed by atoms with E-state index in [0.717, 1.165) is 12.3 Å². The third-order valence-corrected chi connectivity index (χ3v) is 1.36. The summed E-state index contributed by atoms with van der Waals surface area (Å²) in [6.45, 7) is 3.30. The van der Waals surface area contributed by atoms with Crippen LogP contribution < -0.4 is 0 Å². The van der Waals surface area contributed by atoms with Crippen LogP contribution in [0.5, 0.6) is 0 Å². The molecule has 5 heteroatoms. The Bertz CT molecular complexity index is 282. The monoisotopic (exact) mass is 205 g/mol. The van der Waals surface area contributed by atoms with Crippen molar-refractivity contribution in [2.75, 3.05) is 6.67 Å². The predicted octanol–water partition coefficient (Wildman–Crippen LogP) is 2.32. The van der Waals surface area contributed by atoms with Crippen molar-refractivity contribution in [3.8, 4) is 0 Å². The van der Waals surface area contributed by atoms with Crippen LogP contribution in [0, 0.1) is 0 Å². The molecule has 0 rings (SSSR count). The summed E-state index contributed by atoms with van der Waals surface area (Å²) in [7, 11) is 0. The minimum Gasteiger partial charge on any atom is -0.295 e. The van der Waals surface area contributed by atoms with E-state index < -0.39 is 18.8 Å². The Kier molecular flexibility index (Phi) is 5.52. The van der Waals surface area contributed by atoms with Gasteiger partial charge in [-0.2, -0.15) is 0 Å². The number of hydrogen-bond donors (Lipinski definition) is 0. The second kappa shape index (κ2) is 6.12. The smallest absolute Gasteiger partial charge is 0.279 e. The Morgan fingerprint density at radius 2 is 2.14 bits per heavy atom. The first-order valence-electron chi connectivity index (χ1n) is 3.76. The van der Waals surface area contributed by atoms with Crippen molar-refractivity contribution in [3.05, 3.63) is 24.4 Å². The Balaban J connectivity index is 4.39. The lowest BCUT2D eigenvalue weighted by atomic mass is 10.2. The Labute approximate surface area is 79.8 Å². The number of hydrogen-bond acceptors (Lipinski definition) is 2. The summed E-state index contributed by atoms with van der Waals surface area (Å²) in [5, 5.41) is 0. The predicted molar refractivity (Wildman–Crippen MR) is 48.4 cm³/mol. The lowest BCUT2D eigenvalue weighted by Gasteiger charge is -1.96. The molecule has 0 aliphatic heterocycles. The van der Waals surface area contributed by atoms with Gasteiger partial charge in [-0.1, -0.05) is 6.58 Å². The van der Waals surface area contributed by atoms with Gasteiger partial charge in [0.15, 0.2) is 5.78 Å². The van der Waals surface area contributed by atoms with Gasteiger partial charge in [0.25, 0.3) is 6.43 Å². The zero-order valence-electron chi connectivity index (χ0n) is 7.64. The quantitative estimate of drug-likeness (QED) is 0.384. The molecule has 0 atom stereocenters. The molecule has 0 bridgehead atoms. The van der Waals surface area contributed by atoms with E-state index in [0.29, 0.717) is 0 Å². The molecule has 0 heterocycles. The lowest BCUT2D eigenvalue weighted by molar-refractivity contribution is -0.113. The van der Waals surface area contributed by atoms with Gasteiger partial charge < -0.3 is 0 Å². The number of nitrogens with zero attached hydrogens (tertiary/aromatic N) is 1. The minimum atomic E-state index is -2.92. The number of carbonyl (C=O) groups excluding carboxylic acids is 1. The van der Waals surface area contributed by atoms with E-state index in [9.17, 15) is 18.0 Å². The molecule has 0 fully saturated rings. The molecular formula is C9H10F3NO. The number of Topliss-reactive ketones (excluding diaryl/α,β-unsaturated/α-hetero) is 1. The zero-order valence-corrected chi connectivity index (χ0v) is 7.64. The maximum atomic E-state index is 11.9. The second-order valence-corrected chi connectivity index (χ2v) is 2.45. The van der Waals surface area contributed by atoms with Crippen molar-refractivity contribution in [2.24, 2.45) is 4.99 Å². The van der Waals surface area contributed by atoms with Gasteiger partial charge in [0.2, 0.25) is 0 Å². The van der Waals surface area contributed by atoms with Crippen LogP contribution in [0.4, 0.5) is 13.2 Å². The van der Waals surface area contributed by atoms with Crippen molar-refractivity contribution in [3.63, 3.8) is 0 Å². The summed E-state index contributed by atoms with van der Waals surface area (Å²) in [5.74, 6) is -0.296. The van der Waals surface area contributed by atoms with Crippen molar-refractivity contribution in [1.82, 2.24) is 0 Å². The molecule has 0 saturated heterocycles. The average molecular weight is 205 g/mol. The zero-order chi connectivity index (χ0) is 11.1. The normalized spacial score (nSPS) is 12.5. The third kappa shape index (κ3) is 4.59. The van der Waals surface area contributed by atoms with E-state index in [4.69, 9.17) is 0 Å². The summed E-state index contributed by atoms with van der Waals surface area (Å²) in [4.78, 5) is 13.8. The molecule has 0 spiro atoms. The molecule has 0 unspecified atom stereocenters. The summed E-state index contributed by atoms with van der Waals surface area (Å²) < 4.78 is 35.6. The van der Waals surface area contributed by atoms with Crippen molar-refractivity contribution >= 4 is 11.5 Å². The van der Waals surface area contributed by atoms with Crippen LogP contribution >= 0.6 is 0 Å². The van der Waals surface area contributed by atoms with Crippen LogP contribution in [0.1, 0.15) is 6.92 Å². The number of alkyl halides is 3. The molecule has 2 nitrogen and oxygen atoms in total. The molecule has 0 aliphatic carbocycles. The summed E-state index contributed by atoms with van der Waals surface area (Å²) in [6, 6.07) is 0. The number of halogens is 3. The number of ketones is 1. The van der Waals surface area contributed by atoms with Crippen LogP contribution in [0.3, 0.4) is 0 Å². The van der Waals surface area contributed by atoms with E-state index in [2.05, 4.69) is 11.6 Å². The van der Waals surface area contributed by atoms with Crippen LogP contribution in [0.15, 0.2) is 29.4 Å². The molecule has 0 aromatic heterocycles. The average Bonchev–Trinajstić information content (AvgIpc) is 2.11. The molecular weight excluding hydrogens is 195 g/mol. The molecule has 0 aromatic carbocycles. The van der Waals surface area contributed by atoms with E-state index in [-0.39, 0.29) is 11.4 Å². The summed E-state index contributed by atoms with van der Waals surface area (Å²) in [6.07, 6.45) is -0.833. The standard InChI is InChI=1S/C9H10F3NO/c1-6(7(2)14)3-4-13-8(5-10)9(11)12/h3-4,9H,1,5H2,2H3/b4-3-,13-8?. The number of rotatable bonds is 5. The topological polar surface area (TPSA) is 29.4 Å². The fraction of sp³-hybridized carbons (Fsp3) is 0.333. The van der Waals surface area contributed by atoms with Gasteiger partial charge in [0, 0.05) is 11.8 Å². The van der Waals surface area contributed by atoms with Crippen LogP contribution in [0.25, 0.3) is 0 Å². The number of carbonyl (C=O) groups is 1. The van der Waals surface area contributed by atoms with Gasteiger partial charge in [-0.3, -0.25) is 9.79 Å². The molecule has 78 valence electrons. The fourth-order valence-electron chi connectivity index (χ4n) is 0.490. The number of allylic oxidation sites excluding steroid dienone is 2. The molecule has 0 aromatic rings. The second-order valence-electron chi connectivity index (χ2n) is 2.45. The van der Waals surface area contributed by atoms with E-state index in [1.54, 1.807) is 0 Å². The maximum Gasteiger partial charge on any atom is 0.279 e. The van der Waals surface area contributed by atoms with Gasteiger partial charge in [0.05, 0.1) is 0 Å². The number of aliphatic imine (C=N–C) groups is 1. The van der Waals surface area contributed by atoms with Crippen LogP contribution in [0.2, 0.25) is 0 Å². The molecule has 0 saturated carbocycles. The highest BCUT2D eigenvalue weighted by Gasteiger charge is 2.10. The Morgan fingerprint density at radius 3 is 2.50 bits per heavy atom. The molecule has 0 N–H and O–H groups in total. The summed E-state index contributed by atoms with van der Waals surface area (Å²) in [5.41, 5.74) is -0.737. The molecule has 14 heavy (non-hydrogen) atoms. The summed E-state index contributed by atoms with van der Waals surface area (Å²) >= 11 is 0. The fourth-order valence-corrected chi connectivity index (χ4v) is 0.490. The SMILES string of the molecule is C=C(/C=C\N=C(CF)C(F)F)C(C)=O. The molecule has 0 amide bonds. The van der Waals surface area contributed by atoms with Crippen LogP contribution in [-0.2, 0) is 4.79 Å². The highest BCUT2D eigenvalue weighted by atomic mass is 19.3. The van der Waals surface area contributed by atoms with Gasteiger partial charge in [-0.05, 0) is 13.0 Å². The third-order valence-electron chi connectivity index (χ3n) is 1.36. The molecule has 0 radical (unpaired) electrons. The first kappa shape index (κ1) is 12.6.